The van der Waals surface area contributed by atoms with Gasteiger partial charge in [-0.1, -0.05) is 23.8 Å². The lowest BCUT2D eigenvalue weighted by atomic mass is 10.2. The van der Waals surface area contributed by atoms with Gasteiger partial charge < -0.3 is 5.32 Å². The van der Waals surface area contributed by atoms with Crippen LogP contribution >= 0.6 is 0 Å². The largest absolute Gasteiger partial charge is 0.325 e. The minimum Gasteiger partial charge on any atom is -0.314 e. The van der Waals surface area contributed by atoms with Crippen LogP contribution in [-0.4, -0.2) is 11.9 Å². The number of nitrogens with one attached hydrogen (secondary N) is 2. The van der Waals surface area contributed by atoms with E-state index in [1.54, 1.807) is 30.3 Å². The molecule has 0 heterocycles. The highest BCUT2D eigenvalue weighted by atomic mass is 16.2. The van der Waals surface area contributed by atoms with Gasteiger partial charge in [0, 0.05) is 11.8 Å². The van der Waals surface area contributed by atoms with E-state index in [4.69, 9.17) is 0 Å². The molecule has 0 fully saturated rings. The number of allylic oxidation sites excluding steroid dienone is 1. The SMILES string of the molecule is CC(C)=CNC(=O)NC(=O)c1ccccc1. The summed E-state index contributed by atoms with van der Waals surface area (Å²) in [5, 5.41) is 4.67. The van der Waals surface area contributed by atoms with Crippen molar-refractivity contribution in [1.29, 1.82) is 0 Å². The van der Waals surface area contributed by atoms with E-state index in [0.717, 1.165) is 5.57 Å². The van der Waals surface area contributed by atoms with Crippen LogP contribution in [0.5, 0.6) is 0 Å². The van der Waals surface area contributed by atoms with Gasteiger partial charge in [0.15, 0.2) is 0 Å². The molecule has 0 atom stereocenters. The molecular formula is C12H14N2O2. The minimum absolute atomic E-state index is 0.416. The zero-order valence-corrected chi connectivity index (χ0v) is 9.28. The van der Waals surface area contributed by atoms with Gasteiger partial charge in [0.1, 0.15) is 0 Å². The molecule has 1 aromatic carbocycles. The second kappa shape index (κ2) is 5.70. The Bertz CT molecular complexity index is 406. The molecule has 0 bridgehead atoms. The highest BCUT2D eigenvalue weighted by Gasteiger charge is 2.07. The third-order valence-corrected chi connectivity index (χ3v) is 1.75. The molecule has 2 N–H and O–H groups in total. The Morgan fingerprint density at radius 3 is 2.31 bits per heavy atom. The molecule has 0 radical (unpaired) electrons. The number of rotatable bonds is 2. The Balaban J connectivity index is 2.53. The van der Waals surface area contributed by atoms with E-state index in [-0.39, 0.29) is 0 Å². The molecule has 4 nitrogen and oxygen atoms in total. The molecular weight excluding hydrogens is 204 g/mol. The van der Waals surface area contributed by atoms with Crippen molar-refractivity contribution < 1.29 is 9.59 Å². The van der Waals surface area contributed by atoms with Crippen molar-refractivity contribution in [2.24, 2.45) is 0 Å². The van der Waals surface area contributed by atoms with Crippen LogP contribution in [0, 0.1) is 0 Å². The molecule has 0 saturated heterocycles. The van der Waals surface area contributed by atoms with E-state index >= 15 is 0 Å². The monoisotopic (exact) mass is 218 g/mol. The predicted molar refractivity (Wildman–Crippen MR) is 61.9 cm³/mol. The van der Waals surface area contributed by atoms with Crippen LogP contribution in [0.15, 0.2) is 42.1 Å². The maximum atomic E-state index is 11.5. The lowest BCUT2D eigenvalue weighted by molar-refractivity contribution is 0.0965. The van der Waals surface area contributed by atoms with E-state index in [9.17, 15) is 9.59 Å². The summed E-state index contributed by atoms with van der Waals surface area (Å²) in [6.07, 6.45) is 1.54. The average molecular weight is 218 g/mol. The molecule has 84 valence electrons. The fourth-order valence-corrected chi connectivity index (χ4v) is 1.01. The van der Waals surface area contributed by atoms with Crippen molar-refractivity contribution in [3.63, 3.8) is 0 Å². The summed E-state index contributed by atoms with van der Waals surface area (Å²) in [5.41, 5.74) is 1.40. The van der Waals surface area contributed by atoms with Crippen molar-refractivity contribution >= 4 is 11.9 Å². The van der Waals surface area contributed by atoms with Gasteiger partial charge in [0.2, 0.25) is 0 Å². The third kappa shape index (κ3) is 3.96. The van der Waals surface area contributed by atoms with Crippen molar-refractivity contribution in [3.05, 3.63) is 47.7 Å². The molecule has 1 rings (SSSR count). The summed E-state index contributed by atoms with van der Waals surface area (Å²) < 4.78 is 0. The number of carbonyl (C=O) groups is 2. The summed E-state index contributed by atoms with van der Waals surface area (Å²) in [7, 11) is 0. The topological polar surface area (TPSA) is 58.2 Å². The molecule has 0 aliphatic rings. The number of benzene rings is 1. The normalized spacial score (nSPS) is 9.12. The maximum Gasteiger partial charge on any atom is 0.325 e. The van der Waals surface area contributed by atoms with Crippen LogP contribution in [0.25, 0.3) is 0 Å². The maximum absolute atomic E-state index is 11.5. The molecule has 0 aliphatic carbocycles. The first-order valence-electron chi connectivity index (χ1n) is 4.90. The van der Waals surface area contributed by atoms with Crippen LogP contribution in [0.4, 0.5) is 4.79 Å². The average Bonchev–Trinajstić information content (AvgIpc) is 2.27. The van der Waals surface area contributed by atoms with Crippen molar-refractivity contribution in [1.82, 2.24) is 10.6 Å². The first kappa shape index (κ1) is 12.0. The van der Waals surface area contributed by atoms with Gasteiger partial charge in [0.05, 0.1) is 0 Å². The van der Waals surface area contributed by atoms with Gasteiger partial charge in [-0.2, -0.15) is 0 Å². The molecule has 0 unspecified atom stereocenters. The standard InChI is InChI=1S/C12H14N2O2/c1-9(2)8-13-12(16)14-11(15)10-6-4-3-5-7-10/h3-8H,1-2H3,(H2,13,14,15,16). The van der Waals surface area contributed by atoms with E-state index in [1.165, 1.54) is 6.20 Å². The Morgan fingerprint density at radius 1 is 1.12 bits per heavy atom. The van der Waals surface area contributed by atoms with Crippen molar-refractivity contribution in [3.8, 4) is 0 Å². The number of urea groups is 1. The molecule has 1 aromatic rings. The highest BCUT2D eigenvalue weighted by Crippen LogP contribution is 1.97. The number of hydrogen-bond donors (Lipinski definition) is 2. The van der Waals surface area contributed by atoms with Gasteiger partial charge in [0.25, 0.3) is 5.91 Å². The summed E-state index contributed by atoms with van der Waals surface area (Å²) >= 11 is 0. The van der Waals surface area contributed by atoms with E-state index < -0.39 is 11.9 Å². The predicted octanol–water partition coefficient (Wildman–Crippen LogP) is 2.05. The Labute approximate surface area is 94.4 Å². The number of hydrogen-bond acceptors (Lipinski definition) is 2. The zero-order valence-electron chi connectivity index (χ0n) is 9.28. The first-order valence-corrected chi connectivity index (χ1v) is 4.90. The summed E-state index contributed by atoms with van der Waals surface area (Å²) in [6, 6.07) is 8.04. The Kier molecular flexibility index (Phi) is 4.27. The summed E-state index contributed by atoms with van der Waals surface area (Å²) in [5.74, 6) is -0.416. The Morgan fingerprint density at radius 2 is 1.75 bits per heavy atom. The smallest absolute Gasteiger partial charge is 0.314 e. The lowest BCUT2D eigenvalue weighted by Crippen LogP contribution is -2.37. The number of amides is 3. The van der Waals surface area contributed by atoms with Gasteiger partial charge >= 0.3 is 6.03 Å². The second-order valence-corrected chi connectivity index (χ2v) is 3.52. The first-order chi connectivity index (χ1) is 7.59. The molecule has 0 spiro atoms. The van der Waals surface area contributed by atoms with Crippen molar-refractivity contribution in [2.75, 3.05) is 0 Å². The van der Waals surface area contributed by atoms with E-state index in [2.05, 4.69) is 10.6 Å². The molecule has 16 heavy (non-hydrogen) atoms. The molecule has 0 saturated carbocycles. The third-order valence-electron chi connectivity index (χ3n) is 1.75. The van der Waals surface area contributed by atoms with Gasteiger partial charge in [-0.05, 0) is 26.0 Å². The van der Waals surface area contributed by atoms with Crippen LogP contribution in [0.1, 0.15) is 24.2 Å². The zero-order chi connectivity index (χ0) is 12.0. The fraction of sp³-hybridized carbons (Fsp3) is 0.167. The van der Waals surface area contributed by atoms with E-state index in [0.29, 0.717) is 5.56 Å². The lowest BCUT2D eigenvalue weighted by Gasteiger charge is -2.03. The second-order valence-electron chi connectivity index (χ2n) is 3.52. The van der Waals surface area contributed by atoms with Gasteiger partial charge in [-0.15, -0.1) is 0 Å². The molecule has 0 aromatic heterocycles. The van der Waals surface area contributed by atoms with Crippen LogP contribution < -0.4 is 10.6 Å². The number of carbonyl (C=O) groups excluding carboxylic acids is 2. The summed E-state index contributed by atoms with van der Waals surface area (Å²) in [4.78, 5) is 22.8. The minimum atomic E-state index is -0.532. The molecule has 0 aliphatic heterocycles. The highest BCUT2D eigenvalue weighted by molar-refractivity contribution is 6.04. The summed E-state index contributed by atoms with van der Waals surface area (Å²) in [6.45, 7) is 3.69. The molecule has 3 amide bonds. The van der Waals surface area contributed by atoms with Gasteiger partial charge in [-0.25, -0.2) is 4.79 Å². The van der Waals surface area contributed by atoms with Crippen LogP contribution in [-0.2, 0) is 0 Å². The van der Waals surface area contributed by atoms with Crippen LogP contribution in [0.3, 0.4) is 0 Å². The molecule has 4 heteroatoms. The van der Waals surface area contributed by atoms with Crippen molar-refractivity contribution in [2.45, 2.75) is 13.8 Å². The van der Waals surface area contributed by atoms with Gasteiger partial charge in [-0.3, -0.25) is 10.1 Å². The van der Waals surface area contributed by atoms with Crippen LogP contribution in [0.2, 0.25) is 0 Å². The number of imide groups is 1. The Hall–Kier alpha value is -2.10. The van der Waals surface area contributed by atoms with E-state index in [1.807, 2.05) is 13.8 Å². The quantitative estimate of drug-likeness (QED) is 0.798. The fourth-order valence-electron chi connectivity index (χ4n) is 1.01.